The van der Waals surface area contributed by atoms with E-state index in [1.54, 1.807) is 0 Å². The van der Waals surface area contributed by atoms with Gasteiger partial charge in [-0.3, -0.25) is 9.59 Å². The summed E-state index contributed by atoms with van der Waals surface area (Å²) in [7, 11) is 0. The number of carbonyl (C=O) groups is 2. The van der Waals surface area contributed by atoms with Crippen LogP contribution in [0.4, 0.5) is 0 Å². The lowest BCUT2D eigenvalue weighted by molar-refractivity contribution is -0.137. The second-order valence-electron chi connectivity index (χ2n) is 3.48. The van der Waals surface area contributed by atoms with E-state index in [-0.39, 0.29) is 11.8 Å². The van der Waals surface area contributed by atoms with Crippen LogP contribution in [0.15, 0.2) is 0 Å². The van der Waals surface area contributed by atoms with Crippen molar-refractivity contribution in [3.63, 3.8) is 0 Å². The molecule has 2 N–H and O–H groups in total. The number of amides is 1. The van der Waals surface area contributed by atoms with E-state index in [1.807, 2.05) is 20.8 Å². The van der Waals surface area contributed by atoms with Crippen LogP contribution in [0.1, 0.15) is 40.0 Å². The minimum Gasteiger partial charge on any atom is -0.363 e. The maximum absolute atomic E-state index is 11.0. The Morgan fingerprint density at radius 3 is 1.92 bits per heavy atom. The summed E-state index contributed by atoms with van der Waals surface area (Å²) in [5, 5.41) is 0. The molecule has 0 bridgehead atoms. The molecule has 0 saturated carbocycles. The van der Waals surface area contributed by atoms with Crippen LogP contribution in [-0.2, 0) is 9.59 Å². The number of ketones is 1. The molecular formula is C9H17NO2. The summed E-state index contributed by atoms with van der Waals surface area (Å²) in [5.74, 6) is -1.27. The van der Waals surface area contributed by atoms with Gasteiger partial charge in [-0.1, -0.05) is 33.6 Å². The van der Waals surface area contributed by atoms with Crippen molar-refractivity contribution in [2.45, 2.75) is 40.0 Å². The molecule has 0 heterocycles. The molecule has 0 atom stereocenters. The standard InChI is InChI=1S/C9H17NO2/c1-4-9(3,5-2)6-7(11)8(10)12/h4-6H2,1-3H3,(H2,10,12). The van der Waals surface area contributed by atoms with Crippen LogP contribution in [0.2, 0.25) is 0 Å². The molecule has 12 heavy (non-hydrogen) atoms. The van der Waals surface area contributed by atoms with Crippen molar-refractivity contribution in [2.75, 3.05) is 0 Å². The van der Waals surface area contributed by atoms with Gasteiger partial charge in [0.15, 0.2) is 0 Å². The highest BCUT2D eigenvalue weighted by molar-refractivity contribution is 6.35. The van der Waals surface area contributed by atoms with Gasteiger partial charge in [-0.15, -0.1) is 0 Å². The van der Waals surface area contributed by atoms with Gasteiger partial charge in [0.25, 0.3) is 5.91 Å². The molecule has 3 nitrogen and oxygen atoms in total. The molecular weight excluding hydrogens is 154 g/mol. The minimum absolute atomic E-state index is 0.0634. The van der Waals surface area contributed by atoms with Gasteiger partial charge in [0.1, 0.15) is 0 Å². The van der Waals surface area contributed by atoms with Crippen LogP contribution >= 0.6 is 0 Å². The summed E-state index contributed by atoms with van der Waals surface area (Å²) < 4.78 is 0. The monoisotopic (exact) mass is 171 g/mol. The highest BCUT2D eigenvalue weighted by Gasteiger charge is 2.25. The summed E-state index contributed by atoms with van der Waals surface area (Å²) in [4.78, 5) is 21.5. The van der Waals surface area contributed by atoms with Crippen LogP contribution in [0.25, 0.3) is 0 Å². The van der Waals surface area contributed by atoms with E-state index in [9.17, 15) is 9.59 Å². The van der Waals surface area contributed by atoms with Gasteiger partial charge in [0.2, 0.25) is 5.78 Å². The van der Waals surface area contributed by atoms with Crippen molar-refractivity contribution in [1.29, 1.82) is 0 Å². The number of Topliss-reactive ketones (excluding diaryl/α,β-unsaturated/α-hetero) is 1. The first-order valence-corrected chi connectivity index (χ1v) is 4.28. The van der Waals surface area contributed by atoms with Gasteiger partial charge < -0.3 is 5.73 Å². The molecule has 0 aliphatic carbocycles. The third-order valence-electron chi connectivity index (χ3n) is 2.57. The molecule has 0 aromatic carbocycles. The van der Waals surface area contributed by atoms with E-state index in [2.05, 4.69) is 0 Å². The lowest BCUT2D eigenvalue weighted by Crippen LogP contribution is -2.29. The van der Waals surface area contributed by atoms with Gasteiger partial charge in [-0.2, -0.15) is 0 Å². The first kappa shape index (κ1) is 11.1. The molecule has 0 spiro atoms. The van der Waals surface area contributed by atoms with E-state index < -0.39 is 11.7 Å². The highest BCUT2D eigenvalue weighted by atomic mass is 16.2. The molecule has 3 heteroatoms. The van der Waals surface area contributed by atoms with Gasteiger partial charge in [0, 0.05) is 6.42 Å². The Balaban J connectivity index is 4.21. The van der Waals surface area contributed by atoms with Gasteiger partial charge in [-0.25, -0.2) is 0 Å². The Labute approximate surface area is 73.3 Å². The molecule has 0 rings (SSSR count). The van der Waals surface area contributed by atoms with E-state index in [4.69, 9.17) is 5.73 Å². The molecule has 0 fully saturated rings. The van der Waals surface area contributed by atoms with Gasteiger partial charge in [0.05, 0.1) is 0 Å². The SMILES string of the molecule is CCC(C)(CC)CC(=O)C(N)=O. The van der Waals surface area contributed by atoms with Crippen molar-refractivity contribution in [1.82, 2.24) is 0 Å². The Hall–Kier alpha value is -0.860. The Bertz CT molecular complexity index is 183. The number of hydrogen-bond acceptors (Lipinski definition) is 2. The minimum atomic E-state index is -0.817. The van der Waals surface area contributed by atoms with Crippen molar-refractivity contribution >= 4 is 11.7 Å². The quantitative estimate of drug-likeness (QED) is 0.633. The average molecular weight is 171 g/mol. The molecule has 0 aromatic heterocycles. The fourth-order valence-electron chi connectivity index (χ4n) is 0.975. The summed E-state index contributed by atoms with van der Waals surface area (Å²) in [6.07, 6.45) is 2.06. The smallest absolute Gasteiger partial charge is 0.284 e. The van der Waals surface area contributed by atoms with Crippen molar-refractivity contribution in [2.24, 2.45) is 11.1 Å². The molecule has 70 valence electrons. The largest absolute Gasteiger partial charge is 0.363 e. The van der Waals surface area contributed by atoms with E-state index in [0.717, 1.165) is 12.8 Å². The second-order valence-corrected chi connectivity index (χ2v) is 3.48. The normalized spacial score (nSPS) is 11.2. The third-order valence-corrected chi connectivity index (χ3v) is 2.57. The molecule has 0 aromatic rings. The second kappa shape index (κ2) is 4.24. The van der Waals surface area contributed by atoms with Crippen molar-refractivity contribution in [3.05, 3.63) is 0 Å². The fraction of sp³-hybridized carbons (Fsp3) is 0.778. The molecule has 0 aliphatic rings. The lowest BCUT2D eigenvalue weighted by Gasteiger charge is -2.24. The predicted octanol–water partition coefficient (Wildman–Crippen LogP) is 1.26. The van der Waals surface area contributed by atoms with Crippen molar-refractivity contribution in [3.8, 4) is 0 Å². The predicted molar refractivity (Wildman–Crippen MR) is 47.5 cm³/mol. The van der Waals surface area contributed by atoms with E-state index in [1.165, 1.54) is 0 Å². The zero-order valence-electron chi connectivity index (χ0n) is 8.02. The van der Waals surface area contributed by atoms with Gasteiger partial charge in [-0.05, 0) is 5.41 Å². The first-order chi connectivity index (χ1) is 5.45. The maximum atomic E-state index is 11.0. The van der Waals surface area contributed by atoms with Crippen LogP contribution in [-0.4, -0.2) is 11.7 Å². The number of primary amides is 1. The number of carbonyl (C=O) groups excluding carboxylic acids is 2. The highest BCUT2D eigenvalue weighted by Crippen LogP contribution is 2.29. The third kappa shape index (κ3) is 3.03. The molecule has 0 unspecified atom stereocenters. The van der Waals surface area contributed by atoms with Gasteiger partial charge >= 0.3 is 0 Å². The Kier molecular flexibility index (Phi) is 3.93. The zero-order valence-corrected chi connectivity index (χ0v) is 8.02. The number of nitrogens with two attached hydrogens (primary N) is 1. The average Bonchev–Trinajstić information content (AvgIpc) is 2.04. The Morgan fingerprint density at radius 2 is 1.67 bits per heavy atom. The molecule has 0 saturated heterocycles. The lowest BCUT2D eigenvalue weighted by atomic mass is 9.80. The van der Waals surface area contributed by atoms with E-state index in [0.29, 0.717) is 0 Å². The number of hydrogen-bond donors (Lipinski definition) is 1. The summed E-state index contributed by atoms with van der Waals surface area (Å²) >= 11 is 0. The van der Waals surface area contributed by atoms with Crippen LogP contribution in [0.3, 0.4) is 0 Å². The fourth-order valence-corrected chi connectivity index (χ4v) is 0.975. The maximum Gasteiger partial charge on any atom is 0.284 e. The summed E-state index contributed by atoms with van der Waals surface area (Å²) in [6, 6.07) is 0. The topological polar surface area (TPSA) is 60.2 Å². The van der Waals surface area contributed by atoms with E-state index >= 15 is 0 Å². The molecule has 1 amide bonds. The summed E-state index contributed by atoms with van der Waals surface area (Å²) in [6.45, 7) is 6.02. The molecule has 0 aliphatic heterocycles. The van der Waals surface area contributed by atoms with Crippen molar-refractivity contribution < 1.29 is 9.59 Å². The van der Waals surface area contributed by atoms with Crippen LogP contribution < -0.4 is 5.73 Å². The number of rotatable bonds is 5. The first-order valence-electron chi connectivity index (χ1n) is 4.28. The molecule has 0 radical (unpaired) electrons. The van der Waals surface area contributed by atoms with Crippen LogP contribution in [0.5, 0.6) is 0 Å². The Morgan fingerprint density at radius 1 is 1.25 bits per heavy atom. The summed E-state index contributed by atoms with van der Waals surface area (Å²) in [5.41, 5.74) is 4.80. The zero-order chi connectivity index (χ0) is 9.78. The van der Waals surface area contributed by atoms with Crippen LogP contribution in [0, 0.1) is 5.41 Å².